The Bertz CT molecular complexity index is 130. The van der Waals surface area contributed by atoms with Crippen LogP contribution in [0.3, 0.4) is 0 Å². The molecule has 0 aliphatic heterocycles. The van der Waals surface area contributed by atoms with Crippen LogP contribution in [-0.2, 0) is 4.79 Å². The fraction of sp³-hybridized carbons (Fsp3) is 0.833. The van der Waals surface area contributed by atoms with E-state index in [1.165, 1.54) is 0 Å². The third-order valence-corrected chi connectivity index (χ3v) is 1.22. The molecule has 0 aliphatic rings. The van der Waals surface area contributed by atoms with Gasteiger partial charge in [0.05, 0.1) is 6.54 Å². The number of carboxylic acids is 1. The Morgan fingerprint density at radius 3 is 2.45 bits per heavy atom. The Labute approximate surface area is 63.4 Å². The Morgan fingerprint density at radius 2 is 2.18 bits per heavy atom. The minimum Gasteiger partial charge on any atom is -0.480 e. The van der Waals surface area contributed by atoms with Crippen molar-refractivity contribution in [1.82, 2.24) is 5.32 Å². The van der Waals surface area contributed by atoms with Gasteiger partial charge in [-0.1, -0.05) is 6.92 Å². The standard InChI is InChI=1S/C6H11F2NO2/c1-2-4(6(10)11)9-3-5(7)8/h4-5,9H,2-3H2,1H3,(H,10,11). The normalized spacial score (nSPS) is 13.5. The van der Waals surface area contributed by atoms with E-state index in [0.29, 0.717) is 6.42 Å². The van der Waals surface area contributed by atoms with Gasteiger partial charge in [0.15, 0.2) is 0 Å². The van der Waals surface area contributed by atoms with Crippen molar-refractivity contribution in [3.8, 4) is 0 Å². The van der Waals surface area contributed by atoms with Crippen LogP contribution in [0.2, 0.25) is 0 Å². The fourth-order valence-electron chi connectivity index (χ4n) is 0.638. The zero-order valence-electron chi connectivity index (χ0n) is 6.18. The molecule has 0 spiro atoms. The monoisotopic (exact) mass is 167 g/mol. The molecular formula is C6H11F2NO2. The largest absolute Gasteiger partial charge is 0.480 e. The Balaban J connectivity index is 3.61. The topological polar surface area (TPSA) is 49.3 Å². The highest BCUT2D eigenvalue weighted by atomic mass is 19.3. The summed E-state index contributed by atoms with van der Waals surface area (Å²) in [6, 6.07) is -0.857. The lowest BCUT2D eigenvalue weighted by Crippen LogP contribution is -2.38. The highest BCUT2D eigenvalue weighted by Gasteiger charge is 2.15. The van der Waals surface area contributed by atoms with Gasteiger partial charge in [-0.25, -0.2) is 8.78 Å². The summed E-state index contributed by atoms with van der Waals surface area (Å²) in [5.74, 6) is -1.09. The van der Waals surface area contributed by atoms with E-state index in [1.807, 2.05) is 0 Å². The van der Waals surface area contributed by atoms with Gasteiger partial charge in [0, 0.05) is 0 Å². The summed E-state index contributed by atoms with van der Waals surface area (Å²) in [7, 11) is 0. The SMILES string of the molecule is CCC(NCC(F)F)C(=O)O. The smallest absolute Gasteiger partial charge is 0.320 e. The van der Waals surface area contributed by atoms with Gasteiger partial charge in [-0.3, -0.25) is 10.1 Å². The van der Waals surface area contributed by atoms with E-state index in [2.05, 4.69) is 5.32 Å². The number of alkyl halides is 2. The molecule has 0 saturated heterocycles. The zero-order valence-corrected chi connectivity index (χ0v) is 6.18. The molecule has 0 aromatic rings. The molecule has 1 atom stereocenters. The number of carboxylic acid groups (broad SMARTS) is 1. The van der Waals surface area contributed by atoms with E-state index < -0.39 is 25.0 Å². The highest BCUT2D eigenvalue weighted by molar-refractivity contribution is 5.73. The third kappa shape index (κ3) is 4.66. The molecule has 0 aromatic heterocycles. The van der Waals surface area contributed by atoms with Crippen LogP contribution >= 0.6 is 0 Å². The molecule has 3 nitrogen and oxygen atoms in total. The Hall–Kier alpha value is -0.710. The molecule has 0 saturated carbocycles. The molecule has 2 N–H and O–H groups in total. The van der Waals surface area contributed by atoms with Crippen LogP contribution < -0.4 is 5.32 Å². The molecule has 5 heteroatoms. The van der Waals surface area contributed by atoms with E-state index in [1.54, 1.807) is 6.92 Å². The van der Waals surface area contributed by atoms with Gasteiger partial charge in [0.2, 0.25) is 0 Å². The molecule has 0 rings (SSSR count). The van der Waals surface area contributed by atoms with Crippen molar-refractivity contribution < 1.29 is 18.7 Å². The molecule has 0 aliphatic carbocycles. The summed E-state index contributed by atoms with van der Waals surface area (Å²) in [5.41, 5.74) is 0. The zero-order chi connectivity index (χ0) is 8.85. The van der Waals surface area contributed by atoms with E-state index >= 15 is 0 Å². The summed E-state index contributed by atoms with van der Waals surface area (Å²) < 4.78 is 23.1. The van der Waals surface area contributed by atoms with Gasteiger partial charge in [-0.2, -0.15) is 0 Å². The maximum Gasteiger partial charge on any atom is 0.320 e. The molecule has 0 fully saturated rings. The van der Waals surface area contributed by atoms with E-state index in [4.69, 9.17) is 5.11 Å². The summed E-state index contributed by atoms with van der Waals surface area (Å²) in [6.45, 7) is 1.06. The molecule has 1 unspecified atom stereocenters. The third-order valence-electron chi connectivity index (χ3n) is 1.22. The molecule has 0 radical (unpaired) electrons. The maximum atomic E-state index is 11.5. The van der Waals surface area contributed by atoms with E-state index in [0.717, 1.165) is 0 Å². The van der Waals surface area contributed by atoms with Crippen molar-refractivity contribution in [1.29, 1.82) is 0 Å². The van der Waals surface area contributed by atoms with Gasteiger partial charge in [-0.05, 0) is 6.42 Å². The van der Waals surface area contributed by atoms with E-state index in [9.17, 15) is 13.6 Å². The summed E-state index contributed by atoms with van der Waals surface area (Å²) in [5, 5.41) is 10.6. The van der Waals surface area contributed by atoms with Crippen molar-refractivity contribution in [2.75, 3.05) is 6.54 Å². The molecule has 66 valence electrons. The van der Waals surface area contributed by atoms with Gasteiger partial charge >= 0.3 is 5.97 Å². The Morgan fingerprint density at radius 1 is 1.64 bits per heavy atom. The van der Waals surface area contributed by atoms with Gasteiger partial charge in [0.25, 0.3) is 6.43 Å². The number of hydrogen-bond donors (Lipinski definition) is 2. The van der Waals surface area contributed by atoms with Crippen LogP contribution in [0.5, 0.6) is 0 Å². The summed E-state index contributed by atoms with van der Waals surface area (Å²) in [4.78, 5) is 10.2. The van der Waals surface area contributed by atoms with Crippen LogP contribution in [0, 0.1) is 0 Å². The van der Waals surface area contributed by atoms with Crippen molar-refractivity contribution in [3.05, 3.63) is 0 Å². The van der Waals surface area contributed by atoms with E-state index in [-0.39, 0.29) is 0 Å². The average Bonchev–Trinajstić information content (AvgIpc) is 1.87. The summed E-state index contributed by atoms with van der Waals surface area (Å²) >= 11 is 0. The van der Waals surface area contributed by atoms with Crippen molar-refractivity contribution in [2.24, 2.45) is 0 Å². The predicted molar refractivity (Wildman–Crippen MR) is 35.7 cm³/mol. The number of rotatable bonds is 5. The Kier molecular flexibility index (Phi) is 4.69. The van der Waals surface area contributed by atoms with Crippen LogP contribution in [0.1, 0.15) is 13.3 Å². The van der Waals surface area contributed by atoms with Crippen molar-refractivity contribution >= 4 is 5.97 Å². The number of carbonyl (C=O) groups is 1. The molecule has 0 amide bonds. The first kappa shape index (κ1) is 10.3. The number of nitrogens with one attached hydrogen (secondary N) is 1. The first-order valence-electron chi connectivity index (χ1n) is 3.32. The molecule has 0 heterocycles. The lowest BCUT2D eigenvalue weighted by atomic mass is 10.2. The quantitative estimate of drug-likeness (QED) is 0.633. The lowest BCUT2D eigenvalue weighted by molar-refractivity contribution is -0.139. The number of aliphatic carboxylic acids is 1. The van der Waals surface area contributed by atoms with Crippen LogP contribution in [-0.4, -0.2) is 30.1 Å². The minimum absolute atomic E-state index is 0.308. The van der Waals surface area contributed by atoms with Crippen LogP contribution in [0.15, 0.2) is 0 Å². The molecular weight excluding hydrogens is 156 g/mol. The number of halogens is 2. The van der Waals surface area contributed by atoms with Gasteiger partial charge in [0.1, 0.15) is 6.04 Å². The van der Waals surface area contributed by atoms with Crippen LogP contribution in [0.25, 0.3) is 0 Å². The minimum atomic E-state index is -2.50. The number of hydrogen-bond acceptors (Lipinski definition) is 2. The molecule has 0 aromatic carbocycles. The van der Waals surface area contributed by atoms with Crippen molar-refractivity contribution in [3.63, 3.8) is 0 Å². The average molecular weight is 167 g/mol. The second-order valence-electron chi connectivity index (χ2n) is 2.10. The summed E-state index contributed by atoms with van der Waals surface area (Å²) in [6.07, 6.45) is -2.19. The molecule has 0 bridgehead atoms. The maximum absolute atomic E-state index is 11.5. The first-order chi connectivity index (χ1) is 5.07. The van der Waals surface area contributed by atoms with Crippen LogP contribution in [0.4, 0.5) is 8.78 Å². The highest BCUT2D eigenvalue weighted by Crippen LogP contribution is 1.94. The van der Waals surface area contributed by atoms with Crippen molar-refractivity contribution in [2.45, 2.75) is 25.8 Å². The van der Waals surface area contributed by atoms with Gasteiger partial charge < -0.3 is 5.11 Å². The second kappa shape index (κ2) is 5.01. The predicted octanol–water partition coefficient (Wildman–Crippen LogP) is 0.704. The molecule has 11 heavy (non-hydrogen) atoms. The first-order valence-corrected chi connectivity index (χ1v) is 3.32. The fourth-order valence-corrected chi connectivity index (χ4v) is 0.638. The lowest BCUT2D eigenvalue weighted by Gasteiger charge is -2.10. The second-order valence-corrected chi connectivity index (χ2v) is 2.10. The van der Waals surface area contributed by atoms with Gasteiger partial charge in [-0.15, -0.1) is 0 Å².